The molecule has 0 bridgehead atoms. The molecule has 11 heavy (non-hydrogen) atoms. The van der Waals surface area contributed by atoms with Gasteiger partial charge in [0.1, 0.15) is 0 Å². The highest BCUT2D eigenvalue weighted by Gasteiger charge is 1.88. The maximum atomic E-state index is 5.35. The van der Waals surface area contributed by atoms with Crippen molar-refractivity contribution in [3.63, 3.8) is 0 Å². The van der Waals surface area contributed by atoms with Gasteiger partial charge in [0.05, 0.1) is 0 Å². The van der Waals surface area contributed by atoms with Gasteiger partial charge in [0, 0.05) is 6.54 Å². The van der Waals surface area contributed by atoms with Crippen LogP contribution in [0.5, 0.6) is 0 Å². The fourth-order valence-corrected chi connectivity index (χ4v) is 0.960. The molecule has 0 rings (SSSR count). The minimum absolute atomic E-state index is 0.822. The Bertz CT molecular complexity index is 59.5. The first-order chi connectivity index (χ1) is 5.41. The molecule has 0 aliphatic rings. The van der Waals surface area contributed by atoms with Crippen molar-refractivity contribution in [3.05, 3.63) is 0 Å². The van der Waals surface area contributed by atoms with Crippen molar-refractivity contribution >= 4 is 0 Å². The van der Waals surface area contributed by atoms with E-state index >= 15 is 0 Å². The fourth-order valence-electron chi connectivity index (χ4n) is 0.960. The van der Waals surface area contributed by atoms with Crippen LogP contribution in [0.15, 0.2) is 0 Å². The summed E-state index contributed by atoms with van der Waals surface area (Å²) in [4.78, 5) is 0. The smallest absolute Gasteiger partial charge is 0.0113 e. The molecule has 0 spiro atoms. The topological polar surface area (TPSA) is 76.1 Å². The van der Waals surface area contributed by atoms with E-state index in [0.717, 1.165) is 19.5 Å². The van der Waals surface area contributed by atoms with Crippen LogP contribution in [-0.2, 0) is 0 Å². The second-order valence-electron chi connectivity index (χ2n) is 2.63. The Kier molecular flexibility index (Phi) is 9.70. The lowest BCUT2D eigenvalue weighted by atomic mass is 10.1. The quantitative estimate of drug-likeness (QED) is 0.226. The van der Waals surface area contributed by atoms with Gasteiger partial charge in [0.25, 0.3) is 0 Å². The Morgan fingerprint density at radius 3 is 2.18 bits per heavy atom. The zero-order chi connectivity index (χ0) is 8.36. The predicted molar refractivity (Wildman–Crippen MR) is 47.5 cm³/mol. The zero-order valence-corrected chi connectivity index (χ0v) is 7.10. The maximum Gasteiger partial charge on any atom is 0.0113 e. The van der Waals surface area contributed by atoms with E-state index in [9.17, 15) is 0 Å². The van der Waals surface area contributed by atoms with Gasteiger partial charge in [0.15, 0.2) is 0 Å². The van der Waals surface area contributed by atoms with Gasteiger partial charge in [-0.1, -0.05) is 19.3 Å². The van der Waals surface area contributed by atoms with E-state index in [1.165, 1.54) is 25.7 Å². The largest absolute Gasteiger partial charge is 0.330 e. The van der Waals surface area contributed by atoms with Crippen LogP contribution in [0.2, 0.25) is 0 Å². The zero-order valence-electron chi connectivity index (χ0n) is 7.10. The molecule has 0 aromatic carbocycles. The molecule has 6 N–H and O–H groups in total. The average Bonchev–Trinajstić information content (AvgIpc) is 2.03. The summed E-state index contributed by atoms with van der Waals surface area (Å²) < 4.78 is 0. The molecule has 0 aliphatic carbocycles. The van der Waals surface area contributed by atoms with Crippen LogP contribution in [0.1, 0.15) is 32.1 Å². The molecule has 0 unspecified atom stereocenters. The molecule has 0 fully saturated rings. The molecule has 0 aromatic heterocycles. The summed E-state index contributed by atoms with van der Waals surface area (Å²) in [7, 11) is 0. The van der Waals surface area contributed by atoms with Gasteiger partial charge in [-0.2, -0.15) is 5.53 Å². The van der Waals surface area contributed by atoms with Crippen LogP contribution < -0.4 is 22.5 Å². The van der Waals surface area contributed by atoms with Crippen molar-refractivity contribution in [2.24, 2.45) is 11.6 Å². The monoisotopic (exact) mass is 160 g/mol. The Balaban J connectivity index is 2.69. The Hall–Kier alpha value is -0.160. The Morgan fingerprint density at radius 2 is 1.55 bits per heavy atom. The second kappa shape index (κ2) is 9.84. The van der Waals surface area contributed by atoms with E-state index in [4.69, 9.17) is 11.6 Å². The summed E-state index contributed by atoms with van der Waals surface area (Å²) >= 11 is 0. The molecule has 0 radical (unpaired) electrons. The summed E-state index contributed by atoms with van der Waals surface area (Å²) in [6, 6.07) is 0. The molecule has 0 saturated heterocycles. The normalized spacial score (nSPS) is 10.4. The van der Waals surface area contributed by atoms with Crippen molar-refractivity contribution in [3.8, 4) is 0 Å². The van der Waals surface area contributed by atoms with Crippen molar-refractivity contribution in [1.29, 1.82) is 0 Å². The molecule has 0 atom stereocenters. The third-order valence-corrected chi connectivity index (χ3v) is 1.61. The van der Waals surface area contributed by atoms with Crippen LogP contribution in [0.4, 0.5) is 0 Å². The van der Waals surface area contributed by atoms with E-state index in [1.807, 2.05) is 0 Å². The molecule has 0 saturated carbocycles. The van der Waals surface area contributed by atoms with Gasteiger partial charge in [-0.25, -0.2) is 5.43 Å². The van der Waals surface area contributed by atoms with E-state index in [2.05, 4.69) is 11.0 Å². The van der Waals surface area contributed by atoms with Crippen LogP contribution in [0, 0.1) is 0 Å². The summed E-state index contributed by atoms with van der Waals surface area (Å²) in [5.41, 5.74) is 10.6. The van der Waals surface area contributed by atoms with Crippen molar-refractivity contribution < 1.29 is 0 Å². The van der Waals surface area contributed by atoms with Gasteiger partial charge in [-0.3, -0.25) is 5.84 Å². The lowest BCUT2D eigenvalue weighted by Crippen LogP contribution is -2.38. The lowest BCUT2D eigenvalue weighted by molar-refractivity contribution is 0.514. The minimum Gasteiger partial charge on any atom is -0.330 e. The van der Waals surface area contributed by atoms with Crippen LogP contribution >= 0.6 is 0 Å². The van der Waals surface area contributed by atoms with Crippen molar-refractivity contribution in [2.45, 2.75) is 32.1 Å². The number of nitrogens with one attached hydrogen (secondary N) is 2. The lowest BCUT2D eigenvalue weighted by Gasteiger charge is -2.01. The maximum absolute atomic E-state index is 5.35. The highest BCUT2D eigenvalue weighted by Crippen LogP contribution is 2.00. The Labute approximate surface area is 68.6 Å². The number of hydrazine groups is 2. The second-order valence-corrected chi connectivity index (χ2v) is 2.63. The molecule has 4 heteroatoms. The molecule has 0 aliphatic heterocycles. The first-order valence-electron chi connectivity index (χ1n) is 4.30. The van der Waals surface area contributed by atoms with Crippen molar-refractivity contribution in [2.75, 3.05) is 13.1 Å². The van der Waals surface area contributed by atoms with Crippen molar-refractivity contribution in [1.82, 2.24) is 11.0 Å². The van der Waals surface area contributed by atoms with Gasteiger partial charge >= 0.3 is 0 Å². The number of unbranched alkanes of at least 4 members (excludes halogenated alkanes) is 4. The predicted octanol–water partition coefficient (Wildman–Crippen LogP) is -0.136. The number of rotatable bonds is 8. The van der Waals surface area contributed by atoms with E-state index < -0.39 is 0 Å². The third kappa shape index (κ3) is 9.84. The summed E-state index contributed by atoms with van der Waals surface area (Å²) in [6.07, 6.45) is 6.13. The van der Waals surface area contributed by atoms with Crippen LogP contribution in [-0.4, -0.2) is 13.1 Å². The van der Waals surface area contributed by atoms with Gasteiger partial charge < -0.3 is 5.73 Å². The molecular formula is C7H20N4. The van der Waals surface area contributed by atoms with E-state index in [0.29, 0.717) is 0 Å². The first kappa shape index (κ1) is 10.8. The average molecular weight is 160 g/mol. The van der Waals surface area contributed by atoms with E-state index in [1.54, 1.807) is 0 Å². The number of hydrogen-bond acceptors (Lipinski definition) is 4. The van der Waals surface area contributed by atoms with Crippen LogP contribution in [0.25, 0.3) is 0 Å². The highest BCUT2D eigenvalue weighted by atomic mass is 15.5. The summed E-state index contributed by atoms with van der Waals surface area (Å²) in [6.45, 7) is 1.77. The number of hydrogen-bond donors (Lipinski definition) is 4. The van der Waals surface area contributed by atoms with E-state index in [-0.39, 0.29) is 0 Å². The SMILES string of the molecule is NCCCCCCCNNN. The molecule has 4 nitrogen and oxygen atoms in total. The summed E-state index contributed by atoms with van der Waals surface area (Å²) in [5, 5.41) is 0. The molecule has 68 valence electrons. The fraction of sp³-hybridized carbons (Fsp3) is 1.00. The molecule has 0 aromatic rings. The molecule has 0 amide bonds. The standard InChI is InChI=1S/C7H20N4/c8-6-4-2-1-3-5-7-10-11-9/h10-11H,1-9H2. The Morgan fingerprint density at radius 1 is 0.909 bits per heavy atom. The highest BCUT2D eigenvalue weighted by molar-refractivity contribution is 4.45. The molecular weight excluding hydrogens is 140 g/mol. The third-order valence-electron chi connectivity index (χ3n) is 1.61. The van der Waals surface area contributed by atoms with Gasteiger partial charge in [-0.15, -0.1) is 0 Å². The first-order valence-corrected chi connectivity index (χ1v) is 4.30. The number of nitrogens with two attached hydrogens (primary N) is 2. The van der Waals surface area contributed by atoms with Crippen LogP contribution in [0.3, 0.4) is 0 Å². The molecule has 0 heterocycles. The minimum atomic E-state index is 0.822. The summed E-state index contributed by atoms with van der Waals surface area (Å²) in [5.74, 6) is 5.01. The van der Waals surface area contributed by atoms with Gasteiger partial charge in [0.2, 0.25) is 0 Å². The van der Waals surface area contributed by atoms with Gasteiger partial charge in [-0.05, 0) is 19.4 Å².